The van der Waals surface area contributed by atoms with E-state index in [0.29, 0.717) is 0 Å². The molecule has 0 aromatic rings. The second-order valence-corrected chi connectivity index (χ2v) is 5.69. The second kappa shape index (κ2) is 9.17. The van der Waals surface area contributed by atoms with Crippen LogP contribution in [0.4, 0.5) is 74.6 Å². The van der Waals surface area contributed by atoms with Crippen LogP contribution < -0.4 is 0 Å². The lowest BCUT2D eigenvalue weighted by molar-refractivity contribution is -0.462. The molecule has 1 atom stereocenters. The molecule has 0 heterocycles. The van der Waals surface area contributed by atoms with E-state index >= 15 is 0 Å². The summed E-state index contributed by atoms with van der Waals surface area (Å²) in [6.45, 7) is -1.92. The van der Waals surface area contributed by atoms with E-state index in [1.165, 1.54) is 0 Å². The van der Waals surface area contributed by atoms with Gasteiger partial charge in [-0.1, -0.05) is 14.9 Å². The second-order valence-electron chi connectivity index (χ2n) is 5.69. The molecule has 0 aliphatic heterocycles. The Morgan fingerprint density at radius 1 is 0.469 bits per heavy atom. The Balaban J connectivity index is -0.00000420. The van der Waals surface area contributed by atoms with Gasteiger partial charge in [-0.15, -0.1) is 0 Å². The van der Waals surface area contributed by atoms with Crippen molar-refractivity contribution in [3.8, 4) is 0 Å². The molecule has 2 N–H and O–H groups in total. The van der Waals surface area contributed by atoms with Crippen molar-refractivity contribution in [1.82, 2.24) is 0 Å². The van der Waals surface area contributed by atoms with Crippen molar-refractivity contribution in [3.05, 3.63) is 0 Å². The van der Waals surface area contributed by atoms with Gasteiger partial charge in [-0.25, -0.2) is 0 Å². The highest BCUT2D eigenvalue weighted by Gasteiger charge is 2.95. The van der Waals surface area contributed by atoms with Crippen molar-refractivity contribution in [2.45, 2.75) is 75.0 Å². The van der Waals surface area contributed by atoms with Gasteiger partial charge in [-0.05, 0) is 0 Å². The Morgan fingerprint density at radius 3 is 0.969 bits per heavy atom. The summed E-state index contributed by atoms with van der Waals surface area (Å²) in [4.78, 5) is 0. The minimum atomic E-state index is -8.68. The van der Waals surface area contributed by atoms with E-state index in [1.54, 1.807) is 0 Å². The molecular formula is C13H15F17O2. The highest BCUT2D eigenvalue weighted by Crippen LogP contribution is 2.64. The van der Waals surface area contributed by atoms with Crippen molar-refractivity contribution >= 4 is 0 Å². The Morgan fingerprint density at radius 2 is 0.719 bits per heavy atom. The lowest BCUT2D eigenvalue weighted by Crippen LogP contribution is -2.74. The Labute approximate surface area is 168 Å². The van der Waals surface area contributed by atoms with Gasteiger partial charge in [0, 0.05) is 6.42 Å². The first-order chi connectivity index (χ1) is 12.7. The summed E-state index contributed by atoms with van der Waals surface area (Å²) in [5, 5.41) is 16.7. The molecule has 0 saturated heterocycles. The Kier molecular flexibility index (Phi) is 10.1. The van der Waals surface area contributed by atoms with Crippen LogP contribution in [0.3, 0.4) is 0 Å². The molecule has 0 aromatic carbocycles. The highest BCUT2D eigenvalue weighted by atomic mass is 19.4. The van der Waals surface area contributed by atoms with E-state index in [9.17, 15) is 74.6 Å². The van der Waals surface area contributed by atoms with Gasteiger partial charge >= 0.3 is 47.6 Å². The summed E-state index contributed by atoms with van der Waals surface area (Å²) in [7, 11) is 0. The van der Waals surface area contributed by atoms with E-state index in [1.807, 2.05) is 0 Å². The van der Waals surface area contributed by atoms with Gasteiger partial charge in [0.05, 0.1) is 12.7 Å². The third kappa shape index (κ3) is 4.68. The smallest absolute Gasteiger partial charge is 0.394 e. The summed E-state index contributed by atoms with van der Waals surface area (Å²) in [5.74, 6) is -57.0. The predicted octanol–water partition coefficient (Wildman–Crippen LogP) is 6.01. The van der Waals surface area contributed by atoms with Crippen molar-refractivity contribution < 1.29 is 84.9 Å². The fraction of sp³-hybridized carbons (Fsp3) is 1.00. The van der Waals surface area contributed by atoms with Gasteiger partial charge < -0.3 is 10.2 Å². The summed E-state index contributed by atoms with van der Waals surface area (Å²) in [5.41, 5.74) is 0. The van der Waals surface area contributed by atoms with Crippen LogP contribution in [-0.4, -0.2) is 70.6 Å². The largest absolute Gasteiger partial charge is 0.460 e. The zero-order valence-electron chi connectivity index (χ0n) is 13.3. The molecule has 198 valence electrons. The monoisotopic (exact) mass is 526 g/mol. The topological polar surface area (TPSA) is 40.5 Å². The molecule has 32 heavy (non-hydrogen) atoms. The van der Waals surface area contributed by atoms with Crippen molar-refractivity contribution in [3.63, 3.8) is 0 Å². The summed E-state index contributed by atoms with van der Waals surface area (Å²) in [6.07, 6.45) is -14.0. The van der Waals surface area contributed by atoms with Crippen molar-refractivity contribution in [2.24, 2.45) is 0 Å². The molecule has 0 bridgehead atoms. The minimum Gasteiger partial charge on any atom is -0.394 e. The Hall–Kier alpha value is -1.27. The third-order valence-electron chi connectivity index (χ3n) is 3.49. The molecule has 0 aliphatic carbocycles. The van der Waals surface area contributed by atoms with Crippen molar-refractivity contribution in [2.75, 3.05) is 6.61 Å². The molecule has 19 heteroatoms. The fourth-order valence-electron chi connectivity index (χ4n) is 1.69. The van der Waals surface area contributed by atoms with Gasteiger partial charge in [0.25, 0.3) is 0 Å². The average Bonchev–Trinajstić information content (AvgIpc) is 2.51. The van der Waals surface area contributed by atoms with Crippen molar-refractivity contribution in [1.29, 1.82) is 0 Å². The molecule has 0 amide bonds. The number of halogens is 17. The number of hydrogen-bond acceptors (Lipinski definition) is 2. The highest BCUT2D eigenvalue weighted by molar-refractivity contribution is 5.15. The molecule has 0 aromatic heterocycles. The van der Waals surface area contributed by atoms with Gasteiger partial charge in [0.1, 0.15) is 0 Å². The van der Waals surface area contributed by atoms with E-state index in [0.717, 1.165) is 0 Å². The van der Waals surface area contributed by atoms with Crippen LogP contribution >= 0.6 is 0 Å². The van der Waals surface area contributed by atoms with Gasteiger partial charge in [-0.3, -0.25) is 0 Å². The van der Waals surface area contributed by atoms with Crippen LogP contribution in [0.25, 0.3) is 0 Å². The maximum Gasteiger partial charge on any atom is 0.460 e. The molecule has 0 saturated carbocycles. The van der Waals surface area contributed by atoms with Crippen LogP contribution in [0.15, 0.2) is 0 Å². The van der Waals surface area contributed by atoms with E-state index in [2.05, 4.69) is 0 Å². The van der Waals surface area contributed by atoms with Crippen LogP contribution in [0.5, 0.6) is 0 Å². The predicted molar refractivity (Wildman–Crippen MR) is 71.9 cm³/mol. The third-order valence-corrected chi connectivity index (χ3v) is 3.49. The van der Waals surface area contributed by atoms with Gasteiger partial charge in [0.15, 0.2) is 0 Å². The van der Waals surface area contributed by atoms with Crippen LogP contribution in [-0.2, 0) is 0 Å². The minimum absolute atomic E-state index is 0. The molecule has 2 nitrogen and oxygen atoms in total. The number of aliphatic hydroxyl groups excluding tert-OH is 2. The first kappa shape index (κ1) is 35.3. The molecule has 0 aliphatic rings. The van der Waals surface area contributed by atoms with Crippen LogP contribution in [0, 0.1) is 0 Å². The normalized spacial score (nSPS) is 16.2. The van der Waals surface area contributed by atoms with Gasteiger partial charge in [0.2, 0.25) is 0 Å². The molecule has 0 radical (unpaired) electrons. The van der Waals surface area contributed by atoms with E-state index < -0.39 is 66.8 Å². The first-order valence-electron chi connectivity index (χ1n) is 6.71. The SMILES string of the molecule is C.C.OCC(O)CC(F)(F)C(F)(F)C(F)(F)C(F)(F)C(F)(F)C(F)(F)C(F)(F)C(F)(F)F. The van der Waals surface area contributed by atoms with E-state index in [4.69, 9.17) is 10.2 Å². The zero-order chi connectivity index (χ0) is 25.0. The first-order valence-corrected chi connectivity index (χ1v) is 6.71. The molecule has 0 rings (SSSR count). The maximum atomic E-state index is 13.3. The molecule has 0 fully saturated rings. The maximum absolute atomic E-state index is 13.3. The summed E-state index contributed by atoms with van der Waals surface area (Å²) in [6, 6.07) is 0. The Bertz CT molecular complexity index is 610. The fourth-order valence-corrected chi connectivity index (χ4v) is 1.69. The lowest BCUT2D eigenvalue weighted by atomic mass is 9.88. The standard InChI is InChI=1S/C11H7F17O2.2CH4/c12-4(13,1-3(30)2-29)5(14,15)6(16,17)7(18,19)8(20,21)9(22,23)10(24,25)11(26,27)28;;/h3,29-30H,1-2H2;2*1H4. The molecule has 1 unspecified atom stereocenters. The van der Waals surface area contributed by atoms with Crippen LogP contribution in [0.1, 0.15) is 21.3 Å². The molecular weight excluding hydrogens is 511 g/mol. The number of hydrogen-bond donors (Lipinski definition) is 2. The number of aliphatic hydroxyl groups is 2. The average molecular weight is 526 g/mol. The molecule has 0 spiro atoms. The number of alkyl halides is 17. The van der Waals surface area contributed by atoms with Crippen LogP contribution in [0.2, 0.25) is 0 Å². The lowest BCUT2D eigenvalue weighted by Gasteiger charge is -2.43. The summed E-state index contributed by atoms with van der Waals surface area (Å²) < 4.78 is 219. The summed E-state index contributed by atoms with van der Waals surface area (Å²) >= 11 is 0. The van der Waals surface area contributed by atoms with E-state index in [-0.39, 0.29) is 14.9 Å². The quantitative estimate of drug-likeness (QED) is 0.362. The zero-order valence-corrected chi connectivity index (χ0v) is 13.3. The number of rotatable bonds is 9. The van der Waals surface area contributed by atoms with Gasteiger partial charge in [-0.2, -0.15) is 74.6 Å².